The Morgan fingerprint density at radius 2 is 0.970 bits per heavy atom. The zero-order valence-corrected chi connectivity index (χ0v) is 23.2. The fourth-order valence-electron chi connectivity index (χ4n) is 4.96. The first-order chi connectivity index (χ1) is 15.1. The summed E-state index contributed by atoms with van der Waals surface area (Å²) in [5.41, 5.74) is 5.10. The summed E-state index contributed by atoms with van der Waals surface area (Å²) in [6.45, 7) is 16.8. The van der Waals surface area contributed by atoms with Crippen LogP contribution in [0.1, 0.15) is 113 Å². The van der Waals surface area contributed by atoms with Gasteiger partial charge < -0.3 is 0 Å². The predicted molar refractivity (Wildman–Crippen MR) is 144 cm³/mol. The molecule has 0 aliphatic heterocycles. The van der Waals surface area contributed by atoms with E-state index in [1.807, 2.05) is 64.9 Å². The van der Waals surface area contributed by atoms with E-state index in [9.17, 15) is 14.7 Å². The average Bonchev–Trinajstić information content (AvgIpc) is 2.70. The van der Waals surface area contributed by atoms with E-state index in [2.05, 4.69) is 45.9 Å². The van der Waals surface area contributed by atoms with E-state index in [1.165, 1.54) is 11.1 Å². The first kappa shape index (κ1) is 28.0. The average molecular weight is 476 g/mol. The van der Waals surface area contributed by atoms with Gasteiger partial charge in [0.05, 0.1) is 0 Å². The molecule has 0 aliphatic rings. The van der Waals surface area contributed by atoms with Gasteiger partial charge >= 0.3 is 202 Å². The van der Waals surface area contributed by atoms with Gasteiger partial charge in [-0.05, 0) is 0 Å². The third kappa shape index (κ3) is 6.05. The molecule has 2 aromatic rings. The summed E-state index contributed by atoms with van der Waals surface area (Å²) in [5, 5.41) is 0.355. The number of nitrogens with zero attached hydrogens (tertiary/aromatic N) is 1. The Morgan fingerprint density at radius 3 is 1.27 bits per heavy atom. The van der Waals surface area contributed by atoms with Crippen molar-refractivity contribution in [1.29, 1.82) is 0 Å². The van der Waals surface area contributed by atoms with Gasteiger partial charge in [0.25, 0.3) is 0 Å². The predicted octanol–water partition coefficient (Wildman–Crippen LogP) is 6.38. The second-order valence-electron chi connectivity index (χ2n) is 11.1. The molecule has 5 heteroatoms. The van der Waals surface area contributed by atoms with E-state index in [1.54, 1.807) is 0 Å². The molecule has 0 aliphatic carbocycles. The Balaban J connectivity index is 2.82. The van der Waals surface area contributed by atoms with Crippen LogP contribution in [0.15, 0.2) is 36.4 Å². The van der Waals surface area contributed by atoms with Crippen LogP contribution < -0.4 is 5.30 Å². The van der Waals surface area contributed by atoms with Crippen molar-refractivity contribution in [2.45, 2.75) is 85.1 Å². The van der Waals surface area contributed by atoms with Crippen molar-refractivity contribution in [3.63, 3.8) is 0 Å². The van der Waals surface area contributed by atoms with Crippen LogP contribution in [0, 0.1) is 0 Å². The number of hydrogen-bond acceptors (Lipinski definition) is 4. The van der Waals surface area contributed by atoms with E-state index < -0.39 is 7.28 Å². The maximum absolute atomic E-state index is 11.9. The molecule has 4 nitrogen and oxygen atoms in total. The van der Waals surface area contributed by atoms with Crippen LogP contribution in [0.25, 0.3) is 0 Å². The van der Waals surface area contributed by atoms with Gasteiger partial charge in [-0.1, -0.05) is 0 Å². The molecule has 2 aromatic carbocycles. The van der Waals surface area contributed by atoms with Crippen LogP contribution in [-0.2, 0) is 0 Å². The molecule has 0 aromatic heterocycles. The van der Waals surface area contributed by atoms with E-state index in [0.717, 1.165) is 16.7 Å². The fraction of sp³-hybridized carbons (Fsp3) is 0.571. The molecule has 3 N–H and O–H groups in total. The summed E-state index contributed by atoms with van der Waals surface area (Å²) in [7, 11) is -1.35. The molecule has 0 saturated carbocycles. The van der Waals surface area contributed by atoms with E-state index in [4.69, 9.17) is 0 Å². The molecule has 0 amide bonds. The quantitative estimate of drug-likeness (QED) is 0.368. The van der Waals surface area contributed by atoms with E-state index >= 15 is 0 Å². The molecular weight excluding hydrogens is 429 g/mol. The van der Waals surface area contributed by atoms with Crippen LogP contribution in [0.5, 0.6) is 0 Å². The van der Waals surface area contributed by atoms with Crippen LogP contribution in [0.3, 0.4) is 0 Å². The third-order valence-corrected chi connectivity index (χ3v) is 9.13. The van der Waals surface area contributed by atoms with Crippen molar-refractivity contribution in [2.24, 2.45) is 0 Å². The molecule has 0 saturated heterocycles. The van der Waals surface area contributed by atoms with Crippen LogP contribution in [0.4, 0.5) is 0 Å². The monoisotopic (exact) mass is 475 g/mol. The van der Waals surface area contributed by atoms with Crippen molar-refractivity contribution < 1.29 is 14.7 Å². The number of benzene rings is 2. The molecule has 0 heterocycles. The van der Waals surface area contributed by atoms with Gasteiger partial charge in [0.1, 0.15) is 0 Å². The number of rotatable bonds is 9. The van der Waals surface area contributed by atoms with E-state index in [0.29, 0.717) is 5.30 Å². The molecule has 1 atom stereocenters. The summed E-state index contributed by atoms with van der Waals surface area (Å²) in [6.07, 6.45) is -0.133. The Bertz CT molecular complexity index is 903. The molecule has 0 radical (unpaired) electrons. The summed E-state index contributed by atoms with van der Waals surface area (Å²) in [5.74, 6) is 0.659. The van der Waals surface area contributed by atoms with Crippen molar-refractivity contribution >= 4 is 12.6 Å². The van der Waals surface area contributed by atoms with Gasteiger partial charge in [0.2, 0.25) is 0 Å². The second kappa shape index (κ2) is 10.1. The second-order valence-corrected chi connectivity index (χ2v) is 14.2. The molecule has 0 fully saturated rings. The first-order valence-electron chi connectivity index (χ1n) is 12.3. The van der Waals surface area contributed by atoms with Gasteiger partial charge in [-0.3, -0.25) is 0 Å². The summed E-state index contributed by atoms with van der Waals surface area (Å²) >= 11 is 0. The van der Waals surface area contributed by atoms with Gasteiger partial charge in [-0.15, -0.1) is 0 Å². The minimum atomic E-state index is -5.26. The topological polar surface area (TPSA) is 63.9 Å². The van der Waals surface area contributed by atoms with Crippen LogP contribution >= 0.6 is 7.28 Å². The molecule has 0 spiro atoms. The van der Waals surface area contributed by atoms with Crippen LogP contribution in [-0.4, -0.2) is 39.8 Å². The molecule has 1 unspecified atom stereocenters. The van der Waals surface area contributed by atoms with Crippen molar-refractivity contribution in [2.75, 3.05) is 20.3 Å². The standard InChI is InChI=1S/C28H46NO3P/c1-18(2)22-13-11-14-23(19(3)4)27(22)26(29(9)10)17-33(30,31,32)28-24(20(5)6)15-12-16-25(28)21(7)8/h11-16,18-21,26,30-32H,17H2,1-10H3. The Kier molecular flexibility index (Phi) is 8.59. The van der Waals surface area contributed by atoms with Gasteiger partial charge in [-0.25, -0.2) is 0 Å². The van der Waals surface area contributed by atoms with Gasteiger partial charge in [0.15, 0.2) is 0 Å². The summed E-state index contributed by atoms with van der Waals surface area (Å²) < 4.78 is 0. The Morgan fingerprint density at radius 1 is 0.636 bits per heavy atom. The third-order valence-electron chi connectivity index (χ3n) is 6.68. The minimum absolute atomic E-state index is 0.0543. The maximum atomic E-state index is 11.9. The van der Waals surface area contributed by atoms with Crippen molar-refractivity contribution in [1.82, 2.24) is 4.90 Å². The summed E-state index contributed by atoms with van der Waals surface area (Å²) in [4.78, 5) is 37.6. The van der Waals surface area contributed by atoms with Crippen LogP contribution in [0.2, 0.25) is 0 Å². The SMILES string of the molecule is CC(C)c1cccc(C(C)C)c1C(CP(O)(O)(O)c1c(C(C)C)cccc1C(C)C)N(C)C. The Hall–Kier alpha value is -1.29. The van der Waals surface area contributed by atoms with Gasteiger partial charge in [0, 0.05) is 0 Å². The van der Waals surface area contributed by atoms with Crippen molar-refractivity contribution in [3.05, 3.63) is 64.2 Å². The molecular formula is C28H46NO3P. The summed E-state index contributed by atoms with van der Waals surface area (Å²) in [6, 6.07) is 11.8. The zero-order chi connectivity index (χ0) is 25.3. The molecule has 2 rings (SSSR count). The molecule has 0 bridgehead atoms. The first-order valence-corrected chi connectivity index (χ1v) is 14.5. The molecule has 33 heavy (non-hydrogen) atoms. The fourth-order valence-corrected chi connectivity index (χ4v) is 8.01. The zero-order valence-electron chi connectivity index (χ0n) is 22.3. The normalized spacial score (nSPS) is 15.0. The number of hydrogen-bond donors (Lipinski definition) is 3. The molecule has 186 valence electrons. The van der Waals surface area contributed by atoms with E-state index in [-0.39, 0.29) is 35.9 Å². The van der Waals surface area contributed by atoms with Gasteiger partial charge in [-0.2, -0.15) is 0 Å². The van der Waals surface area contributed by atoms with Crippen molar-refractivity contribution in [3.8, 4) is 0 Å². The Labute approximate surface area is 201 Å².